The van der Waals surface area contributed by atoms with E-state index in [9.17, 15) is 14.4 Å². The van der Waals surface area contributed by atoms with E-state index in [2.05, 4.69) is 17.1 Å². The van der Waals surface area contributed by atoms with Crippen molar-refractivity contribution < 1.29 is 19.5 Å². The van der Waals surface area contributed by atoms with Crippen molar-refractivity contribution in [3.05, 3.63) is 5.01 Å². The lowest BCUT2D eigenvalue weighted by atomic mass is 10.3. The van der Waals surface area contributed by atoms with Gasteiger partial charge in [0.1, 0.15) is 11.0 Å². The van der Waals surface area contributed by atoms with Gasteiger partial charge in [-0.3, -0.25) is 14.4 Å². The molecule has 1 aromatic rings. The maximum absolute atomic E-state index is 12.4. The number of nitrogens with two attached hydrogens (primary N) is 1. The highest BCUT2D eigenvalue weighted by atomic mass is 32.2. The molecule has 0 radical (unpaired) electrons. The van der Waals surface area contributed by atoms with Crippen molar-refractivity contribution in [1.29, 1.82) is 0 Å². The lowest BCUT2D eigenvalue weighted by Crippen LogP contribution is -2.35. The van der Waals surface area contributed by atoms with Crippen LogP contribution in [0.25, 0.3) is 0 Å². The van der Waals surface area contributed by atoms with Crippen LogP contribution in [0.15, 0.2) is 0 Å². The average Bonchev–Trinajstić information content (AvgIpc) is 3.07. The maximum Gasteiger partial charge on any atom is 0.321 e. The molecule has 10 heteroatoms. The highest BCUT2D eigenvalue weighted by Crippen LogP contribution is 2.31. The minimum atomic E-state index is -1.13. The number of carbonyl (C=O) groups is 3. The number of carbonyl (C=O) groups excluding carboxylic acids is 2. The van der Waals surface area contributed by atoms with E-state index >= 15 is 0 Å². The summed E-state index contributed by atoms with van der Waals surface area (Å²) in [6.07, 6.45) is 2.80. The number of carboxylic acids is 1. The molecule has 8 nitrogen and oxygen atoms in total. The number of aliphatic carboxylic acids is 1. The van der Waals surface area contributed by atoms with E-state index in [1.807, 2.05) is 0 Å². The molecule has 1 aliphatic rings. The van der Waals surface area contributed by atoms with Crippen molar-refractivity contribution in [2.24, 2.45) is 5.73 Å². The normalized spacial score (nSPS) is 19.4. The first-order valence-electron chi connectivity index (χ1n) is 7.23. The van der Waals surface area contributed by atoms with Crippen molar-refractivity contribution >= 4 is 46.0 Å². The summed E-state index contributed by atoms with van der Waals surface area (Å²) in [6, 6.07) is -1.06. The zero-order chi connectivity index (χ0) is 17.0. The summed E-state index contributed by atoms with van der Waals surface area (Å²) in [6.45, 7) is 2.07. The van der Waals surface area contributed by atoms with Crippen molar-refractivity contribution in [3.8, 4) is 0 Å². The Bertz CT molecular complexity index is 607. The largest absolute Gasteiger partial charge is 0.480 e. The summed E-state index contributed by atoms with van der Waals surface area (Å²) in [7, 11) is 0. The van der Waals surface area contributed by atoms with Crippen molar-refractivity contribution in [2.75, 3.05) is 10.7 Å². The smallest absolute Gasteiger partial charge is 0.321 e. The summed E-state index contributed by atoms with van der Waals surface area (Å²) >= 11 is 2.33. The van der Waals surface area contributed by atoms with Crippen LogP contribution in [0.1, 0.15) is 31.2 Å². The van der Waals surface area contributed by atoms with Gasteiger partial charge in [0.2, 0.25) is 16.9 Å². The first-order valence-corrected chi connectivity index (χ1v) is 9.09. The van der Waals surface area contributed by atoms with E-state index in [0.29, 0.717) is 0 Å². The van der Waals surface area contributed by atoms with Crippen LogP contribution in [-0.4, -0.2) is 50.1 Å². The molecule has 1 aromatic heterocycles. The third-order valence-corrected chi connectivity index (χ3v) is 5.58. The third kappa shape index (κ3) is 4.27. The molecule has 1 saturated heterocycles. The second-order valence-corrected chi connectivity index (χ2v) is 7.40. The van der Waals surface area contributed by atoms with Crippen LogP contribution in [0.2, 0.25) is 0 Å². The second-order valence-electron chi connectivity index (χ2n) is 5.12. The number of rotatable bonds is 8. The van der Waals surface area contributed by atoms with Gasteiger partial charge in [0.05, 0.1) is 5.25 Å². The van der Waals surface area contributed by atoms with E-state index in [1.54, 1.807) is 0 Å². The monoisotopic (exact) mass is 358 g/mol. The quantitative estimate of drug-likeness (QED) is 0.649. The van der Waals surface area contributed by atoms with Gasteiger partial charge in [-0.15, -0.1) is 22.0 Å². The molecule has 0 saturated carbocycles. The molecular formula is C13H18N4O4S2. The number of unbranched alkanes of at least 4 members (excludes halogenated alkanes) is 1. The first kappa shape index (κ1) is 17.8. The number of imide groups is 1. The highest BCUT2D eigenvalue weighted by Gasteiger charge is 2.41. The number of nitrogens with zero attached hydrogens (tertiary/aromatic N) is 3. The maximum atomic E-state index is 12.4. The standard InChI is InChI=1S/C13H18N4O4S2/c1-2-3-4-9-15-16-13(23-9)17-10(18)5-8(11(17)19)22-6-7(14)12(20)21/h7-8H,2-6,14H2,1H3,(H,20,21). The Morgan fingerprint density at radius 3 is 2.91 bits per heavy atom. The van der Waals surface area contributed by atoms with Crippen molar-refractivity contribution in [1.82, 2.24) is 10.2 Å². The number of hydrogen-bond donors (Lipinski definition) is 2. The summed E-state index contributed by atoms with van der Waals surface area (Å²) in [5.74, 6) is -1.77. The number of anilines is 1. The molecule has 0 aliphatic carbocycles. The minimum Gasteiger partial charge on any atom is -0.480 e. The van der Waals surface area contributed by atoms with E-state index < -0.39 is 17.3 Å². The zero-order valence-electron chi connectivity index (χ0n) is 12.6. The number of amides is 2. The molecule has 1 fully saturated rings. The Morgan fingerprint density at radius 2 is 2.26 bits per heavy atom. The molecular weight excluding hydrogens is 340 g/mol. The molecule has 0 spiro atoms. The van der Waals surface area contributed by atoms with E-state index in [4.69, 9.17) is 10.8 Å². The van der Waals surface area contributed by atoms with Crippen LogP contribution in [0.5, 0.6) is 0 Å². The molecule has 2 atom stereocenters. The van der Waals surface area contributed by atoms with E-state index in [0.717, 1.165) is 40.9 Å². The predicted molar refractivity (Wildman–Crippen MR) is 87.5 cm³/mol. The fourth-order valence-electron chi connectivity index (χ4n) is 1.99. The van der Waals surface area contributed by atoms with Crippen LogP contribution in [-0.2, 0) is 20.8 Å². The molecule has 0 aromatic carbocycles. The second kappa shape index (κ2) is 7.84. The molecule has 3 N–H and O–H groups in total. The fourth-order valence-corrected chi connectivity index (χ4v) is 3.98. The van der Waals surface area contributed by atoms with Crippen molar-refractivity contribution in [2.45, 2.75) is 43.9 Å². The number of aromatic nitrogens is 2. The lowest BCUT2D eigenvalue weighted by Gasteiger charge is -2.11. The van der Waals surface area contributed by atoms with Gasteiger partial charge in [0, 0.05) is 18.6 Å². The Balaban J connectivity index is 2.00. The fraction of sp³-hybridized carbons (Fsp3) is 0.615. The lowest BCUT2D eigenvalue weighted by molar-refractivity contribution is -0.138. The molecule has 23 heavy (non-hydrogen) atoms. The molecule has 2 rings (SSSR count). The van der Waals surface area contributed by atoms with E-state index in [-0.39, 0.29) is 29.1 Å². The van der Waals surface area contributed by atoms with Crippen molar-refractivity contribution in [3.63, 3.8) is 0 Å². The number of carboxylic acid groups (broad SMARTS) is 1. The molecule has 2 heterocycles. The van der Waals surface area contributed by atoms with Gasteiger partial charge in [-0.05, 0) is 6.42 Å². The van der Waals surface area contributed by atoms with Crippen LogP contribution < -0.4 is 10.6 Å². The number of aryl methyl sites for hydroxylation is 1. The van der Waals surface area contributed by atoms with Gasteiger partial charge in [-0.2, -0.15) is 0 Å². The molecule has 2 unspecified atom stereocenters. The number of hydrogen-bond acceptors (Lipinski definition) is 8. The molecule has 126 valence electrons. The van der Waals surface area contributed by atoms with Gasteiger partial charge in [-0.1, -0.05) is 24.7 Å². The zero-order valence-corrected chi connectivity index (χ0v) is 14.2. The first-order chi connectivity index (χ1) is 10.9. The van der Waals surface area contributed by atoms with Gasteiger partial charge >= 0.3 is 5.97 Å². The van der Waals surface area contributed by atoms with Gasteiger partial charge in [-0.25, -0.2) is 4.90 Å². The van der Waals surface area contributed by atoms with Crippen LogP contribution in [0.4, 0.5) is 5.13 Å². The number of thioether (sulfide) groups is 1. The minimum absolute atomic E-state index is 0.0275. The Labute approximate surface area is 141 Å². The third-order valence-electron chi connectivity index (χ3n) is 3.29. The molecule has 1 aliphatic heterocycles. The average molecular weight is 358 g/mol. The SMILES string of the molecule is CCCCc1nnc(N2C(=O)CC(SCC(N)C(=O)O)C2=O)s1. The van der Waals surface area contributed by atoms with Crippen LogP contribution >= 0.6 is 23.1 Å². The summed E-state index contributed by atoms with van der Waals surface area (Å²) in [5.41, 5.74) is 5.42. The van der Waals surface area contributed by atoms with Gasteiger partial charge in [0.15, 0.2) is 0 Å². The Morgan fingerprint density at radius 1 is 1.52 bits per heavy atom. The topological polar surface area (TPSA) is 126 Å². The summed E-state index contributed by atoms with van der Waals surface area (Å²) in [4.78, 5) is 36.2. The van der Waals surface area contributed by atoms with Gasteiger partial charge in [0.25, 0.3) is 0 Å². The highest BCUT2D eigenvalue weighted by molar-refractivity contribution is 8.00. The summed E-state index contributed by atoms with van der Waals surface area (Å²) < 4.78 is 0. The summed E-state index contributed by atoms with van der Waals surface area (Å²) in [5, 5.41) is 17.2. The van der Waals surface area contributed by atoms with Gasteiger partial charge < -0.3 is 10.8 Å². The van der Waals surface area contributed by atoms with Crippen LogP contribution in [0.3, 0.4) is 0 Å². The molecule has 0 bridgehead atoms. The molecule has 2 amide bonds. The predicted octanol–water partition coefficient (Wildman–Crippen LogP) is 0.658. The Hall–Kier alpha value is -1.52. The Kier molecular flexibility index (Phi) is 6.08. The van der Waals surface area contributed by atoms with Crippen LogP contribution in [0, 0.1) is 0 Å². The van der Waals surface area contributed by atoms with E-state index in [1.165, 1.54) is 11.3 Å².